The van der Waals surface area contributed by atoms with E-state index < -0.39 is 10.0 Å². The topological polar surface area (TPSA) is 84.3 Å². The first-order valence-electron chi connectivity index (χ1n) is 9.33. The highest BCUT2D eigenvalue weighted by Gasteiger charge is 2.16. The van der Waals surface area contributed by atoms with Crippen LogP contribution in [0.25, 0.3) is 11.8 Å². The van der Waals surface area contributed by atoms with E-state index in [4.69, 9.17) is 0 Å². The third-order valence-corrected chi connectivity index (χ3v) is 6.48. The molecule has 30 heavy (non-hydrogen) atoms. The Kier molecular flexibility index (Phi) is 6.19. The summed E-state index contributed by atoms with van der Waals surface area (Å²) in [5, 5.41) is 7.30. The van der Waals surface area contributed by atoms with Crippen LogP contribution in [0, 0.1) is 13.8 Å². The molecule has 0 saturated carbocycles. The van der Waals surface area contributed by atoms with Gasteiger partial charge >= 0.3 is 0 Å². The highest BCUT2D eigenvalue weighted by atomic mass is 32.2. The Morgan fingerprint density at radius 3 is 2.27 bits per heavy atom. The third-order valence-electron chi connectivity index (χ3n) is 4.65. The van der Waals surface area contributed by atoms with Crippen molar-refractivity contribution in [2.24, 2.45) is 0 Å². The fourth-order valence-corrected chi connectivity index (χ4v) is 3.88. The first-order chi connectivity index (χ1) is 14.2. The molecule has 0 bridgehead atoms. The third kappa shape index (κ3) is 4.50. The van der Waals surface area contributed by atoms with Crippen molar-refractivity contribution in [3.63, 3.8) is 0 Å². The number of carbonyl (C=O) groups is 1. The SMILES string of the molecule is Cc1nn(-c2ccccc2)c(C)c1/C=C/C(=O)Nc1ccc(S(=O)(=O)N(C)C)cc1. The molecule has 8 heteroatoms. The summed E-state index contributed by atoms with van der Waals surface area (Å²) in [6, 6.07) is 15.8. The van der Waals surface area contributed by atoms with Gasteiger partial charge in [-0.25, -0.2) is 17.4 Å². The summed E-state index contributed by atoms with van der Waals surface area (Å²) in [6.45, 7) is 3.85. The molecule has 0 fully saturated rings. The molecular formula is C22H24N4O3S. The molecule has 0 aliphatic carbocycles. The number of benzene rings is 2. The lowest BCUT2D eigenvalue weighted by Gasteiger charge is -2.11. The largest absolute Gasteiger partial charge is 0.323 e. The molecule has 1 aromatic heterocycles. The summed E-state index contributed by atoms with van der Waals surface area (Å²) in [4.78, 5) is 12.5. The molecule has 3 aromatic rings. The highest BCUT2D eigenvalue weighted by molar-refractivity contribution is 7.89. The van der Waals surface area contributed by atoms with Gasteiger partial charge in [-0.3, -0.25) is 4.79 Å². The van der Waals surface area contributed by atoms with Gasteiger partial charge < -0.3 is 5.32 Å². The Bertz CT molecular complexity index is 1180. The van der Waals surface area contributed by atoms with Gasteiger partial charge in [-0.2, -0.15) is 5.10 Å². The van der Waals surface area contributed by atoms with E-state index in [1.165, 1.54) is 32.3 Å². The van der Waals surface area contributed by atoms with E-state index in [0.717, 1.165) is 26.9 Å². The summed E-state index contributed by atoms with van der Waals surface area (Å²) in [5.74, 6) is -0.315. The minimum Gasteiger partial charge on any atom is -0.323 e. The second-order valence-corrected chi connectivity index (χ2v) is 9.12. The van der Waals surface area contributed by atoms with Crippen LogP contribution in [-0.4, -0.2) is 42.5 Å². The van der Waals surface area contributed by atoms with E-state index >= 15 is 0 Å². The number of nitrogens with one attached hydrogen (secondary N) is 1. The molecule has 0 aliphatic heterocycles. The van der Waals surface area contributed by atoms with Crippen molar-refractivity contribution in [1.82, 2.24) is 14.1 Å². The number of hydrogen-bond acceptors (Lipinski definition) is 4. The molecule has 1 amide bonds. The van der Waals surface area contributed by atoms with Gasteiger partial charge in [-0.05, 0) is 56.3 Å². The monoisotopic (exact) mass is 424 g/mol. The highest BCUT2D eigenvalue weighted by Crippen LogP contribution is 2.20. The molecule has 1 N–H and O–H groups in total. The van der Waals surface area contributed by atoms with Crippen molar-refractivity contribution in [3.8, 4) is 5.69 Å². The molecule has 0 unspecified atom stereocenters. The van der Waals surface area contributed by atoms with Crippen molar-refractivity contribution in [1.29, 1.82) is 0 Å². The number of carbonyl (C=O) groups excluding carboxylic acids is 1. The van der Waals surface area contributed by atoms with E-state index in [1.54, 1.807) is 18.2 Å². The molecule has 0 radical (unpaired) electrons. The lowest BCUT2D eigenvalue weighted by atomic mass is 10.2. The number of hydrogen-bond donors (Lipinski definition) is 1. The molecule has 0 spiro atoms. The van der Waals surface area contributed by atoms with Crippen molar-refractivity contribution < 1.29 is 13.2 Å². The number of aromatic nitrogens is 2. The molecule has 0 atom stereocenters. The fourth-order valence-electron chi connectivity index (χ4n) is 2.98. The van der Waals surface area contributed by atoms with Crippen LogP contribution >= 0.6 is 0 Å². The number of anilines is 1. The molecule has 0 saturated heterocycles. The van der Waals surface area contributed by atoms with Gasteiger partial charge in [-0.1, -0.05) is 18.2 Å². The maximum Gasteiger partial charge on any atom is 0.248 e. The van der Waals surface area contributed by atoms with Gasteiger partial charge in [0.1, 0.15) is 0 Å². The second-order valence-electron chi connectivity index (χ2n) is 6.97. The first-order valence-corrected chi connectivity index (χ1v) is 10.8. The van der Waals surface area contributed by atoms with Crippen LogP contribution in [0.4, 0.5) is 5.69 Å². The van der Waals surface area contributed by atoms with Crippen LogP contribution in [-0.2, 0) is 14.8 Å². The van der Waals surface area contributed by atoms with Crippen LogP contribution in [0.3, 0.4) is 0 Å². The summed E-state index contributed by atoms with van der Waals surface area (Å²) in [6.07, 6.45) is 3.17. The van der Waals surface area contributed by atoms with Gasteiger partial charge in [0.15, 0.2) is 0 Å². The summed E-state index contributed by atoms with van der Waals surface area (Å²) < 4.78 is 27.2. The molecular weight excluding hydrogens is 400 g/mol. The first kappa shape index (κ1) is 21.5. The smallest absolute Gasteiger partial charge is 0.248 e. The van der Waals surface area contributed by atoms with Gasteiger partial charge in [0.2, 0.25) is 15.9 Å². The van der Waals surface area contributed by atoms with Crippen LogP contribution in [0.1, 0.15) is 17.0 Å². The maximum atomic E-state index is 12.3. The van der Waals surface area contributed by atoms with E-state index in [0.29, 0.717) is 5.69 Å². The predicted molar refractivity (Wildman–Crippen MR) is 118 cm³/mol. The van der Waals surface area contributed by atoms with Gasteiger partial charge in [0.05, 0.1) is 16.3 Å². The van der Waals surface area contributed by atoms with Crippen LogP contribution in [0.5, 0.6) is 0 Å². The molecule has 3 rings (SSSR count). The lowest BCUT2D eigenvalue weighted by molar-refractivity contribution is -0.111. The van der Waals surface area contributed by atoms with Crippen molar-refractivity contribution >= 4 is 27.7 Å². The Morgan fingerprint density at radius 2 is 1.67 bits per heavy atom. The Balaban J connectivity index is 1.74. The van der Waals surface area contributed by atoms with Crippen molar-refractivity contribution in [2.75, 3.05) is 19.4 Å². The number of para-hydroxylation sites is 1. The zero-order valence-corrected chi connectivity index (χ0v) is 18.1. The van der Waals surface area contributed by atoms with E-state index in [1.807, 2.05) is 48.9 Å². The maximum absolute atomic E-state index is 12.3. The Labute approximate surface area is 176 Å². The van der Waals surface area contributed by atoms with E-state index in [2.05, 4.69) is 10.4 Å². The van der Waals surface area contributed by atoms with Crippen LogP contribution in [0.2, 0.25) is 0 Å². The normalized spacial score (nSPS) is 11.9. The molecule has 156 valence electrons. The van der Waals surface area contributed by atoms with Gasteiger partial charge in [0, 0.05) is 37.1 Å². The Morgan fingerprint density at radius 1 is 1.03 bits per heavy atom. The molecule has 0 aliphatic rings. The van der Waals surface area contributed by atoms with E-state index in [9.17, 15) is 13.2 Å². The quantitative estimate of drug-likeness (QED) is 0.615. The summed E-state index contributed by atoms with van der Waals surface area (Å²) >= 11 is 0. The van der Waals surface area contributed by atoms with Crippen LogP contribution < -0.4 is 5.32 Å². The van der Waals surface area contributed by atoms with Crippen molar-refractivity contribution in [3.05, 3.63) is 77.6 Å². The van der Waals surface area contributed by atoms with E-state index in [-0.39, 0.29) is 10.8 Å². The zero-order chi connectivity index (χ0) is 21.9. The average molecular weight is 425 g/mol. The minimum atomic E-state index is -3.50. The fraction of sp³-hybridized carbons (Fsp3) is 0.182. The molecule has 2 aromatic carbocycles. The standard InChI is InChI=1S/C22H24N4O3S/c1-16-21(17(2)26(24-16)19-8-6-5-7-9-19)14-15-22(27)23-18-10-12-20(13-11-18)30(28,29)25(3)4/h5-15H,1-4H3,(H,23,27)/b15-14+. The average Bonchev–Trinajstić information content (AvgIpc) is 3.01. The predicted octanol–water partition coefficient (Wildman–Crippen LogP) is 3.39. The summed E-state index contributed by atoms with van der Waals surface area (Å²) in [7, 11) is -0.557. The number of aryl methyl sites for hydroxylation is 1. The minimum absolute atomic E-state index is 0.167. The Hall–Kier alpha value is -3.23. The van der Waals surface area contributed by atoms with Crippen LogP contribution in [0.15, 0.2) is 65.6 Å². The molecule has 1 heterocycles. The lowest BCUT2D eigenvalue weighted by Crippen LogP contribution is -2.22. The zero-order valence-electron chi connectivity index (χ0n) is 17.3. The number of rotatable bonds is 6. The van der Waals surface area contributed by atoms with Crippen molar-refractivity contribution in [2.45, 2.75) is 18.7 Å². The second kappa shape index (κ2) is 8.64. The number of sulfonamides is 1. The number of nitrogens with zero attached hydrogens (tertiary/aromatic N) is 3. The van der Waals surface area contributed by atoms with Gasteiger partial charge in [0.25, 0.3) is 0 Å². The summed E-state index contributed by atoms with van der Waals surface area (Å²) in [5.41, 5.74) is 4.09. The molecule has 7 nitrogen and oxygen atoms in total. The number of amides is 1. The van der Waals surface area contributed by atoms with Gasteiger partial charge in [-0.15, -0.1) is 0 Å².